The molecule has 1 saturated heterocycles. The van der Waals surface area contributed by atoms with Gasteiger partial charge in [-0.1, -0.05) is 30.3 Å². The van der Waals surface area contributed by atoms with Crippen LogP contribution in [0.1, 0.15) is 53.7 Å². The highest BCUT2D eigenvalue weighted by atomic mass is 19.4. The smallest absolute Gasteiger partial charge is 0.363 e. The fraction of sp³-hybridized carbons (Fsp3) is 0.524. The predicted molar refractivity (Wildman–Crippen MR) is 107 cm³/mol. The van der Waals surface area contributed by atoms with Crippen LogP contribution in [0.4, 0.5) is 19.0 Å². The van der Waals surface area contributed by atoms with Gasteiger partial charge in [0, 0.05) is 19.0 Å². The van der Waals surface area contributed by atoms with Gasteiger partial charge >= 0.3 is 6.18 Å². The highest BCUT2D eigenvalue weighted by Crippen LogP contribution is 2.44. The van der Waals surface area contributed by atoms with Crippen molar-refractivity contribution in [3.63, 3.8) is 0 Å². The van der Waals surface area contributed by atoms with Crippen molar-refractivity contribution in [2.75, 3.05) is 25.5 Å². The van der Waals surface area contributed by atoms with E-state index in [0.29, 0.717) is 12.6 Å². The van der Waals surface area contributed by atoms with E-state index in [9.17, 15) is 18.0 Å². The summed E-state index contributed by atoms with van der Waals surface area (Å²) in [6, 6.07) is 7.07. The summed E-state index contributed by atoms with van der Waals surface area (Å²) in [6.07, 6.45) is -0.352. The van der Waals surface area contributed by atoms with Crippen molar-refractivity contribution in [2.45, 2.75) is 50.0 Å². The van der Waals surface area contributed by atoms with E-state index in [0.717, 1.165) is 36.1 Å². The summed E-state index contributed by atoms with van der Waals surface area (Å²) < 4.78 is 42.1. The molecule has 0 radical (unpaired) electrons. The number of carbonyl (C=O) groups excluding carboxylic acids is 1. The Bertz CT molecular complexity index is 883. The molecule has 6 nitrogen and oxygen atoms in total. The summed E-state index contributed by atoms with van der Waals surface area (Å²) in [5, 5.41) is 9.88. The fourth-order valence-corrected chi connectivity index (χ4v) is 4.42. The Morgan fingerprint density at radius 3 is 2.73 bits per heavy atom. The van der Waals surface area contributed by atoms with E-state index in [1.165, 1.54) is 6.20 Å². The van der Waals surface area contributed by atoms with Crippen molar-refractivity contribution < 1.29 is 18.0 Å². The van der Waals surface area contributed by atoms with E-state index in [2.05, 4.69) is 27.7 Å². The third-order valence-corrected chi connectivity index (χ3v) is 6.12. The minimum absolute atomic E-state index is 0.118. The summed E-state index contributed by atoms with van der Waals surface area (Å²) in [5.41, 5.74) is 0.888. The molecule has 162 valence electrons. The second-order valence-corrected chi connectivity index (χ2v) is 8.07. The number of fused-ring (bicyclic) bond motifs is 1. The lowest BCUT2D eigenvalue weighted by Gasteiger charge is -2.34. The molecule has 0 spiro atoms. The predicted octanol–water partition coefficient (Wildman–Crippen LogP) is 3.76. The molecule has 3 unspecified atom stereocenters. The average Bonchev–Trinajstić information content (AvgIpc) is 3.33. The summed E-state index contributed by atoms with van der Waals surface area (Å²) in [6.45, 7) is 1.53. The number of amides is 1. The quantitative estimate of drug-likeness (QED) is 0.772. The number of likely N-dealkylation sites (tertiary alicyclic amines) is 1. The molecule has 0 bridgehead atoms. The Morgan fingerprint density at radius 2 is 2.07 bits per heavy atom. The van der Waals surface area contributed by atoms with Crippen molar-refractivity contribution >= 4 is 11.7 Å². The first kappa shape index (κ1) is 20.7. The molecule has 4 rings (SSSR count). The van der Waals surface area contributed by atoms with E-state index < -0.39 is 24.2 Å². The second kappa shape index (κ2) is 8.29. The molecule has 2 N–H and O–H groups in total. The van der Waals surface area contributed by atoms with Gasteiger partial charge in [0.1, 0.15) is 11.4 Å². The van der Waals surface area contributed by atoms with Crippen LogP contribution in [0.2, 0.25) is 0 Å². The summed E-state index contributed by atoms with van der Waals surface area (Å²) >= 11 is 0. The minimum Gasteiger partial charge on any atom is -0.363 e. The van der Waals surface area contributed by atoms with E-state index in [4.69, 9.17) is 0 Å². The Hall–Kier alpha value is -2.55. The maximum Gasteiger partial charge on any atom is 0.410 e. The third-order valence-electron chi connectivity index (χ3n) is 6.12. The number of nitrogens with one attached hydrogen (secondary N) is 2. The first-order chi connectivity index (χ1) is 14.3. The van der Waals surface area contributed by atoms with Crippen LogP contribution in [0.5, 0.6) is 0 Å². The number of hydrogen-bond acceptors (Lipinski definition) is 4. The van der Waals surface area contributed by atoms with Crippen LogP contribution in [0.3, 0.4) is 0 Å². The van der Waals surface area contributed by atoms with Crippen molar-refractivity contribution in [3.05, 3.63) is 47.7 Å². The average molecular weight is 421 g/mol. The van der Waals surface area contributed by atoms with Gasteiger partial charge in [0.25, 0.3) is 5.91 Å². The van der Waals surface area contributed by atoms with E-state index >= 15 is 0 Å². The van der Waals surface area contributed by atoms with Crippen LogP contribution in [0, 0.1) is 0 Å². The van der Waals surface area contributed by atoms with Gasteiger partial charge in [-0.2, -0.15) is 18.3 Å². The molecule has 2 aromatic rings. The SMILES string of the molecule is CN1CCCC1CCNC(=O)c1cnn2c1NC(c1ccccc1)CC2C(F)(F)F. The topological polar surface area (TPSA) is 62.2 Å². The Labute approximate surface area is 173 Å². The monoisotopic (exact) mass is 421 g/mol. The number of alkyl halides is 3. The highest BCUT2D eigenvalue weighted by molar-refractivity contribution is 5.98. The normalized spacial score (nSPS) is 24.3. The van der Waals surface area contributed by atoms with Crippen molar-refractivity contribution in [3.8, 4) is 0 Å². The molecule has 0 aliphatic carbocycles. The zero-order valence-corrected chi connectivity index (χ0v) is 16.8. The molecule has 0 saturated carbocycles. The molecule has 2 aliphatic rings. The largest absolute Gasteiger partial charge is 0.410 e. The standard InChI is InChI=1S/C21H26F3N5O/c1-28-11-5-8-15(28)9-10-25-20(30)16-13-26-29-18(21(22,23)24)12-17(27-19(16)29)14-6-3-2-4-7-14/h2-4,6-7,13,15,17-18,27H,5,8-12H2,1H3,(H,25,30). The van der Waals surface area contributed by atoms with Crippen LogP contribution in [0.15, 0.2) is 36.5 Å². The van der Waals surface area contributed by atoms with E-state index in [1.54, 1.807) is 24.3 Å². The number of aromatic nitrogens is 2. The van der Waals surface area contributed by atoms with Crippen LogP contribution in [0.25, 0.3) is 0 Å². The number of carbonyl (C=O) groups is 1. The molecule has 3 atom stereocenters. The van der Waals surface area contributed by atoms with E-state index in [1.807, 2.05) is 6.07 Å². The first-order valence-electron chi connectivity index (χ1n) is 10.3. The molecule has 1 amide bonds. The van der Waals surface area contributed by atoms with Gasteiger partial charge in [0.05, 0.1) is 12.2 Å². The van der Waals surface area contributed by atoms with Crippen LogP contribution < -0.4 is 10.6 Å². The van der Waals surface area contributed by atoms with Gasteiger partial charge in [-0.15, -0.1) is 0 Å². The van der Waals surface area contributed by atoms with Crippen molar-refractivity contribution in [1.82, 2.24) is 20.0 Å². The lowest BCUT2D eigenvalue weighted by atomic mass is 9.96. The van der Waals surface area contributed by atoms with Gasteiger partial charge in [0.15, 0.2) is 6.04 Å². The molecular formula is C21H26F3N5O. The van der Waals surface area contributed by atoms with Crippen LogP contribution in [-0.4, -0.2) is 52.9 Å². The number of halogens is 3. The van der Waals surface area contributed by atoms with Gasteiger partial charge in [0.2, 0.25) is 0 Å². The van der Waals surface area contributed by atoms with Crippen LogP contribution >= 0.6 is 0 Å². The number of hydrogen-bond donors (Lipinski definition) is 2. The molecule has 2 aliphatic heterocycles. The zero-order valence-electron chi connectivity index (χ0n) is 16.8. The molecular weight excluding hydrogens is 395 g/mol. The second-order valence-electron chi connectivity index (χ2n) is 8.07. The lowest BCUT2D eigenvalue weighted by molar-refractivity contribution is -0.173. The van der Waals surface area contributed by atoms with Gasteiger partial charge < -0.3 is 15.5 Å². The zero-order chi connectivity index (χ0) is 21.3. The summed E-state index contributed by atoms with van der Waals surface area (Å²) in [4.78, 5) is 15.0. The third kappa shape index (κ3) is 4.16. The molecule has 30 heavy (non-hydrogen) atoms. The number of rotatable bonds is 5. The number of anilines is 1. The molecule has 9 heteroatoms. The van der Waals surface area contributed by atoms with E-state index in [-0.39, 0.29) is 17.8 Å². The van der Waals surface area contributed by atoms with Crippen molar-refractivity contribution in [1.29, 1.82) is 0 Å². The summed E-state index contributed by atoms with van der Waals surface area (Å²) in [5.74, 6) is -0.285. The minimum atomic E-state index is -4.46. The molecule has 1 aromatic heterocycles. The lowest BCUT2D eigenvalue weighted by Crippen LogP contribution is -2.37. The number of nitrogens with zero attached hydrogens (tertiary/aromatic N) is 3. The maximum absolute atomic E-state index is 13.7. The summed E-state index contributed by atoms with van der Waals surface area (Å²) in [7, 11) is 2.07. The fourth-order valence-electron chi connectivity index (χ4n) is 4.42. The van der Waals surface area contributed by atoms with Gasteiger partial charge in [-0.25, -0.2) is 4.68 Å². The Morgan fingerprint density at radius 1 is 1.30 bits per heavy atom. The Kier molecular flexibility index (Phi) is 5.73. The molecule has 3 heterocycles. The van der Waals surface area contributed by atoms with Gasteiger partial charge in [-0.3, -0.25) is 4.79 Å². The Balaban J connectivity index is 1.52. The molecule has 1 aromatic carbocycles. The number of benzene rings is 1. The van der Waals surface area contributed by atoms with Gasteiger partial charge in [-0.05, 0) is 38.4 Å². The first-order valence-corrected chi connectivity index (χ1v) is 10.3. The molecule has 1 fully saturated rings. The maximum atomic E-state index is 13.7. The van der Waals surface area contributed by atoms with Crippen LogP contribution in [-0.2, 0) is 0 Å². The van der Waals surface area contributed by atoms with Crippen molar-refractivity contribution in [2.24, 2.45) is 0 Å². The highest BCUT2D eigenvalue weighted by Gasteiger charge is 2.47.